The van der Waals surface area contributed by atoms with E-state index in [1.54, 1.807) is 18.2 Å². The van der Waals surface area contributed by atoms with E-state index in [0.29, 0.717) is 5.56 Å². The molecule has 1 aromatic rings. The van der Waals surface area contributed by atoms with Crippen LogP contribution in [0.2, 0.25) is 0 Å². The van der Waals surface area contributed by atoms with Crippen LogP contribution in [0.3, 0.4) is 0 Å². The molecule has 0 aliphatic heterocycles. The molecule has 70 valence electrons. The second-order valence-corrected chi connectivity index (χ2v) is 3.43. The Labute approximate surface area is 77.5 Å². The van der Waals surface area contributed by atoms with E-state index in [0.717, 1.165) is 0 Å². The van der Waals surface area contributed by atoms with Gasteiger partial charge in [-0.1, -0.05) is 30.3 Å². The van der Waals surface area contributed by atoms with Crippen molar-refractivity contribution in [2.45, 2.75) is 5.25 Å². The maximum Gasteiger partial charge on any atom is 0.326 e. The second kappa shape index (κ2) is 4.15. The number of benzene rings is 1. The molecule has 0 fully saturated rings. The Balaban J connectivity index is 3.03. The molecular formula is C8H8O4S. The van der Waals surface area contributed by atoms with Crippen LogP contribution in [-0.4, -0.2) is 19.8 Å². The summed E-state index contributed by atoms with van der Waals surface area (Å²) in [5, 5.41) is 7.28. The van der Waals surface area contributed by atoms with Gasteiger partial charge in [0.2, 0.25) is 0 Å². The Kier molecular flexibility index (Phi) is 3.16. The number of aliphatic carboxylic acids is 1. The van der Waals surface area contributed by atoms with Crippen molar-refractivity contribution in [3.05, 3.63) is 35.9 Å². The molecule has 2 unspecified atom stereocenters. The highest BCUT2D eigenvalue weighted by molar-refractivity contribution is 7.80. The maximum absolute atomic E-state index is 10.7. The van der Waals surface area contributed by atoms with Crippen LogP contribution in [0.15, 0.2) is 30.3 Å². The molecule has 0 bridgehead atoms. The molecule has 2 atom stereocenters. The Bertz CT molecular complexity index is 308. The summed E-state index contributed by atoms with van der Waals surface area (Å²) in [4.78, 5) is 10.6. The fourth-order valence-corrected chi connectivity index (χ4v) is 1.54. The molecule has 0 amide bonds. The number of carbonyl (C=O) groups is 1. The van der Waals surface area contributed by atoms with Gasteiger partial charge >= 0.3 is 5.97 Å². The van der Waals surface area contributed by atoms with Gasteiger partial charge in [-0.05, 0) is 5.56 Å². The van der Waals surface area contributed by atoms with Crippen LogP contribution in [-0.2, 0) is 15.9 Å². The van der Waals surface area contributed by atoms with Gasteiger partial charge in [0, 0.05) is 0 Å². The Morgan fingerprint density at radius 2 is 1.85 bits per heavy atom. The van der Waals surface area contributed by atoms with Gasteiger partial charge in [0.05, 0.1) is 0 Å². The Hall–Kier alpha value is -1.20. The molecule has 4 nitrogen and oxygen atoms in total. The molecule has 0 spiro atoms. The number of carboxylic acids is 1. The quantitative estimate of drug-likeness (QED) is 0.715. The van der Waals surface area contributed by atoms with E-state index >= 15 is 0 Å². The minimum absolute atomic E-state index is 0.329. The molecule has 2 N–H and O–H groups in total. The first-order valence-corrected chi connectivity index (χ1v) is 4.67. The number of hydrogen-bond donors (Lipinski definition) is 2. The predicted octanol–water partition coefficient (Wildman–Crippen LogP) is 1.03. The van der Waals surface area contributed by atoms with Crippen LogP contribution in [0.5, 0.6) is 0 Å². The lowest BCUT2D eigenvalue weighted by Crippen LogP contribution is -2.16. The van der Waals surface area contributed by atoms with E-state index in [4.69, 9.17) is 9.66 Å². The van der Waals surface area contributed by atoms with Crippen molar-refractivity contribution in [1.82, 2.24) is 0 Å². The second-order valence-electron chi connectivity index (χ2n) is 2.41. The monoisotopic (exact) mass is 200 g/mol. The molecule has 5 heteroatoms. The molecule has 0 heterocycles. The van der Waals surface area contributed by atoms with E-state index in [-0.39, 0.29) is 0 Å². The normalized spacial score (nSPS) is 14.8. The van der Waals surface area contributed by atoms with Crippen LogP contribution in [0, 0.1) is 0 Å². The molecule has 0 aliphatic rings. The van der Waals surface area contributed by atoms with Gasteiger partial charge in [-0.2, -0.15) is 0 Å². The van der Waals surface area contributed by atoms with Gasteiger partial charge in [-0.15, -0.1) is 0 Å². The zero-order chi connectivity index (χ0) is 9.84. The summed E-state index contributed by atoms with van der Waals surface area (Å²) in [6.45, 7) is 0. The number of hydrogen-bond acceptors (Lipinski definition) is 2. The summed E-state index contributed by atoms with van der Waals surface area (Å²) in [7, 11) is 0. The summed E-state index contributed by atoms with van der Waals surface area (Å²) in [5.74, 6) is -1.30. The molecule has 13 heavy (non-hydrogen) atoms. The molecule has 0 aliphatic carbocycles. The topological polar surface area (TPSA) is 74.6 Å². The van der Waals surface area contributed by atoms with Crippen LogP contribution in [0.25, 0.3) is 0 Å². The van der Waals surface area contributed by atoms with Crippen LogP contribution >= 0.6 is 0 Å². The SMILES string of the molecule is O=C(O)C(c1ccccc1)S(=O)O. The highest BCUT2D eigenvalue weighted by atomic mass is 32.2. The van der Waals surface area contributed by atoms with Crippen molar-refractivity contribution in [3.8, 4) is 0 Å². The molecule has 0 saturated carbocycles. The van der Waals surface area contributed by atoms with Crippen molar-refractivity contribution in [1.29, 1.82) is 0 Å². The molecule has 0 radical (unpaired) electrons. The molecule has 0 aromatic heterocycles. The minimum Gasteiger partial charge on any atom is -0.480 e. The van der Waals surface area contributed by atoms with Crippen molar-refractivity contribution in [2.24, 2.45) is 0 Å². The van der Waals surface area contributed by atoms with Gasteiger partial charge in [0.25, 0.3) is 0 Å². The average Bonchev–Trinajstić information content (AvgIpc) is 2.04. The largest absolute Gasteiger partial charge is 0.480 e. The van der Waals surface area contributed by atoms with Crippen molar-refractivity contribution in [3.63, 3.8) is 0 Å². The maximum atomic E-state index is 10.7. The fraction of sp³-hybridized carbons (Fsp3) is 0.125. The standard InChI is InChI=1S/C8H8O4S/c9-8(10)7(13(11)12)6-4-2-1-3-5-6/h1-5,7H,(H,9,10)(H,11,12). The van der Waals surface area contributed by atoms with E-state index in [1.165, 1.54) is 12.1 Å². The summed E-state index contributed by atoms with van der Waals surface area (Å²) in [6.07, 6.45) is 0. The van der Waals surface area contributed by atoms with Crippen molar-refractivity contribution in [2.75, 3.05) is 0 Å². The minimum atomic E-state index is -2.38. The first-order valence-electron chi connectivity index (χ1n) is 3.50. The molecule has 1 aromatic carbocycles. The highest BCUT2D eigenvalue weighted by Crippen LogP contribution is 2.18. The lowest BCUT2D eigenvalue weighted by atomic mass is 10.1. The van der Waals surface area contributed by atoms with Crippen LogP contribution in [0.4, 0.5) is 0 Å². The smallest absolute Gasteiger partial charge is 0.326 e. The molecule has 0 saturated heterocycles. The van der Waals surface area contributed by atoms with Gasteiger partial charge in [-0.3, -0.25) is 4.79 Å². The van der Waals surface area contributed by atoms with Gasteiger partial charge in [0.1, 0.15) is 0 Å². The first kappa shape index (κ1) is 9.88. The zero-order valence-electron chi connectivity index (χ0n) is 6.58. The molecule has 1 rings (SSSR count). The van der Waals surface area contributed by atoms with Crippen molar-refractivity contribution < 1.29 is 18.7 Å². The zero-order valence-corrected chi connectivity index (χ0v) is 7.40. The highest BCUT2D eigenvalue weighted by Gasteiger charge is 2.25. The third kappa shape index (κ3) is 2.37. The van der Waals surface area contributed by atoms with Gasteiger partial charge in [0.15, 0.2) is 16.3 Å². The number of carboxylic acid groups (broad SMARTS) is 1. The Morgan fingerprint density at radius 3 is 2.23 bits per heavy atom. The summed E-state index contributed by atoms with van der Waals surface area (Å²) in [6, 6.07) is 7.97. The van der Waals surface area contributed by atoms with Crippen LogP contribution < -0.4 is 0 Å². The van der Waals surface area contributed by atoms with Crippen molar-refractivity contribution >= 4 is 17.0 Å². The van der Waals surface area contributed by atoms with Crippen LogP contribution in [0.1, 0.15) is 10.8 Å². The van der Waals surface area contributed by atoms with E-state index in [9.17, 15) is 9.00 Å². The van der Waals surface area contributed by atoms with E-state index in [2.05, 4.69) is 0 Å². The Morgan fingerprint density at radius 1 is 1.31 bits per heavy atom. The van der Waals surface area contributed by atoms with E-state index < -0.39 is 22.3 Å². The molecular weight excluding hydrogens is 192 g/mol. The fourth-order valence-electron chi connectivity index (χ4n) is 0.973. The third-order valence-electron chi connectivity index (χ3n) is 1.53. The summed E-state index contributed by atoms with van der Waals surface area (Å²) < 4.78 is 19.4. The summed E-state index contributed by atoms with van der Waals surface area (Å²) >= 11 is -2.38. The summed E-state index contributed by atoms with van der Waals surface area (Å²) in [5.41, 5.74) is 0.329. The number of rotatable bonds is 3. The van der Waals surface area contributed by atoms with Gasteiger partial charge in [-0.25, -0.2) is 4.21 Å². The predicted molar refractivity (Wildman–Crippen MR) is 47.6 cm³/mol. The lowest BCUT2D eigenvalue weighted by Gasteiger charge is -2.06. The van der Waals surface area contributed by atoms with E-state index in [1.807, 2.05) is 0 Å². The third-order valence-corrected chi connectivity index (χ3v) is 2.41. The first-order chi connectivity index (χ1) is 6.13. The average molecular weight is 200 g/mol. The van der Waals surface area contributed by atoms with Gasteiger partial charge < -0.3 is 9.66 Å². The lowest BCUT2D eigenvalue weighted by molar-refractivity contribution is -0.136.